The third-order valence-corrected chi connectivity index (χ3v) is 5.61. The van der Waals surface area contributed by atoms with Gasteiger partial charge in [0.25, 0.3) is 0 Å². The summed E-state index contributed by atoms with van der Waals surface area (Å²) in [5.41, 5.74) is 5.06. The highest BCUT2D eigenvalue weighted by Crippen LogP contribution is 2.27. The second kappa shape index (κ2) is 8.78. The number of aromatic nitrogens is 3. The van der Waals surface area contributed by atoms with Crippen molar-refractivity contribution < 1.29 is 4.79 Å². The lowest BCUT2D eigenvalue weighted by Gasteiger charge is -2.22. The molecule has 148 valence electrons. The minimum Gasteiger partial charge on any atom is -0.355 e. The van der Waals surface area contributed by atoms with Crippen molar-refractivity contribution in [2.45, 2.75) is 65.1 Å². The van der Waals surface area contributed by atoms with Crippen LogP contribution in [-0.2, 0) is 23.2 Å². The lowest BCUT2D eigenvalue weighted by atomic mass is 9.83. The highest BCUT2D eigenvalue weighted by Gasteiger charge is 2.16. The van der Waals surface area contributed by atoms with E-state index in [1.165, 1.54) is 38.6 Å². The van der Waals surface area contributed by atoms with Gasteiger partial charge in [-0.3, -0.25) is 9.36 Å². The highest BCUT2D eigenvalue weighted by atomic mass is 32.2. The molecule has 0 aliphatic heterocycles. The van der Waals surface area contributed by atoms with Gasteiger partial charge in [0.2, 0.25) is 5.91 Å². The first-order chi connectivity index (χ1) is 12.6. The molecule has 1 aromatic heterocycles. The number of nitrogens with one attached hydrogen (secondary N) is 2. The van der Waals surface area contributed by atoms with Crippen molar-refractivity contribution in [1.29, 1.82) is 0 Å². The van der Waals surface area contributed by atoms with Crippen LogP contribution in [0, 0.1) is 13.8 Å². The summed E-state index contributed by atoms with van der Waals surface area (Å²) in [4.78, 5) is 23.6. The number of rotatable bonds is 7. The van der Waals surface area contributed by atoms with E-state index in [1.807, 2.05) is 6.92 Å². The third kappa shape index (κ3) is 5.48. The molecule has 0 atom stereocenters. The van der Waals surface area contributed by atoms with E-state index in [0.717, 1.165) is 6.42 Å². The number of aromatic amines is 1. The second-order valence-corrected chi connectivity index (χ2v) is 8.73. The van der Waals surface area contributed by atoms with Crippen molar-refractivity contribution >= 4 is 17.7 Å². The van der Waals surface area contributed by atoms with E-state index in [-0.39, 0.29) is 22.8 Å². The Morgan fingerprint density at radius 3 is 2.44 bits per heavy atom. The lowest BCUT2D eigenvalue weighted by Crippen LogP contribution is -2.28. The Labute approximate surface area is 165 Å². The first kappa shape index (κ1) is 21.3. The molecule has 0 aliphatic rings. The molecule has 1 amide bonds. The Hall–Kier alpha value is -2.02. The molecule has 0 spiro atoms. The summed E-state index contributed by atoms with van der Waals surface area (Å²) in [6, 6.07) is 4.50. The van der Waals surface area contributed by atoms with Gasteiger partial charge in [-0.05, 0) is 54.9 Å². The number of nitrogens with zero attached hydrogens (tertiary/aromatic N) is 2. The fraction of sp³-hybridized carbons (Fsp3) is 0.550. The lowest BCUT2D eigenvalue weighted by molar-refractivity contribution is -0.118. The van der Waals surface area contributed by atoms with Crippen LogP contribution in [-0.4, -0.2) is 33.0 Å². The zero-order valence-electron chi connectivity index (χ0n) is 17.1. The second-order valence-electron chi connectivity index (χ2n) is 7.78. The van der Waals surface area contributed by atoms with Crippen LogP contribution in [0.5, 0.6) is 0 Å². The van der Waals surface area contributed by atoms with E-state index in [4.69, 9.17) is 0 Å². The number of H-pyrrole nitrogens is 1. The monoisotopic (exact) mass is 390 g/mol. The molecule has 6 nitrogen and oxygen atoms in total. The summed E-state index contributed by atoms with van der Waals surface area (Å²) in [7, 11) is 0. The van der Waals surface area contributed by atoms with Crippen LogP contribution in [0.1, 0.15) is 49.9 Å². The van der Waals surface area contributed by atoms with Gasteiger partial charge in [-0.15, -0.1) is 5.10 Å². The molecule has 0 unspecified atom stereocenters. The van der Waals surface area contributed by atoms with Gasteiger partial charge in [0, 0.05) is 13.1 Å². The molecule has 1 heterocycles. The number of carbonyl (C=O) groups is 1. The molecule has 0 radical (unpaired) electrons. The molecule has 0 fully saturated rings. The van der Waals surface area contributed by atoms with Crippen molar-refractivity contribution in [2.75, 3.05) is 12.3 Å². The average molecular weight is 391 g/mol. The smallest absolute Gasteiger partial charge is 0.343 e. The summed E-state index contributed by atoms with van der Waals surface area (Å²) in [5.74, 6) is 0.185. The summed E-state index contributed by atoms with van der Waals surface area (Å²) >= 11 is 1.27. The summed E-state index contributed by atoms with van der Waals surface area (Å²) in [6.45, 7) is 13.9. The minimum atomic E-state index is -0.245. The molecule has 27 heavy (non-hydrogen) atoms. The predicted octanol–water partition coefficient (Wildman–Crippen LogP) is 2.96. The van der Waals surface area contributed by atoms with Crippen molar-refractivity contribution in [3.63, 3.8) is 0 Å². The van der Waals surface area contributed by atoms with Crippen molar-refractivity contribution in [3.8, 4) is 0 Å². The van der Waals surface area contributed by atoms with Gasteiger partial charge in [0.15, 0.2) is 5.16 Å². The molecule has 2 aromatic rings. The highest BCUT2D eigenvalue weighted by molar-refractivity contribution is 7.99. The van der Waals surface area contributed by atoms with Crippen LogP contribution < -0.4 is 11.0 Å². The Kier molecular flexibility index (Phi) is 6.92. The molecular formula is C20H30N4O2S. The van der Waals surface area contributed by atoms with Gasteiger partial charge in [-0.1, -0.05) is 44.7 Å². The number of amides is 1. The fourth-order valence-electron chi connectivity index (χ4n) is 3.02. The molecular weight excluding hydrogens is 360 g/mol. The number of hydrogen-bond donors (Lipinski definition) is 2. The van der Waals surface area contributed by atoms with E-state index in [0.29, 0.717) is 18.2 Å². The Morgan fingerprint density at radius 1 is 1.26 bits per heavy atom. The fourth-order valence-corrected chi connectivity index (χ4v) is 3.86. The van der Waals surface area contributed by atoms with Crippen LogP contribution in [0.3, 0.4) is 0 Å². The number of benzene rings is 1. The maximum Gasteiger partial charge on any atom is 0.343 e. The summed E-state index contributed by atoms with van der Waals surface area (Å²) in [5, 5.41) is 9.86. The maximum atomic E-state index is 12.1. The minimum absolute atomic E-state index is 0.0558. The number of aryl methyl sites for hydroxylation is 2. The van der Waals surface area contributed by atoms with Crippen LogP contribution in [0.15, 0.2) is 22.1 Å². The molecule has 0 aliphatic carbocycles. The molecule has 0 saturated heterocycles. The number of carbonyl (C=O) groups excluding carboxylic acids is 1. The van der Waals surface area contributed by atoms with Crippen LogP contribution in [0.2, 0.25) is 0 Å². The summed E-state index contributed by atoms with van der Waals surface area (Å²) in [6.07, 6.45) is 0.806. The van der Waals surface area contributed by atoms with E-state index >= 15 is 0 Å². The van der Waals surface area contributed by atoms with Crippen LogP contribution in [0.25, 0.3) is 0 Å². The maximum absolute atomic E-state index is 12.1. The summed E-state index contributed by atoms with van der Waals surface area (Å²) < 4.78 is 1.52. The molecule has 0 saturated carbocycles. The first-order valence-corrected chi connectivity index (χ1v) is 10.3. The van der Waals surface area contributed by atoms with Gasteiger partial charge in [-0.2, -0.15) is 0 Å². The van der Waals surface area contributed by atoms with Crippen LogP contribution in [0.4, 0.5) is 0 Å². The largest absolute Gasteiger partial charge is 0.355 e. The molecule has 2 N–H and O–H groups in total. The normalized spacial score (nSPS) is 11.6. The van der Waals surface area contributed by atoms with Crippen LogP contribution >= 0.6 is 11.8 Å². The molecule has 7 heteroatoms. The molecule has 0 bridgehead atoms. The van der Waals surface area contributed by atoms with E-state index in [9.17, 15) is 9.59 Å². The Bertz CT molecular complexity index is 839. The van der Waals surface area contributed by atoms with E-state index in [2.05, 4.69) is 62.3 Å². The Balaban J connectivity index is 1.89. The molecule has 2 rings (SSSR count). The zero-order chi connectivity index (χ0) is 20.2. The van der Waals surface area contributed by atoms with Crippen molar-refractivity contribution in [1.82, 2.24) is 20.1 Å². The van der Waals surface area contributed by atoms with E-state index in [1.54, 1.807) is 0 Å². The van der Waals surface area contributed by atoms with E-state index < -0.39 is 0 Å². The van der Waals surface area contributed by atoms with Crippen molar-refractivity contribution in [2.24, 2.45) is 0 Å². The van der Waals surface area contributed by atoms with Gasteiger partial charge >= 0.3 is 5.69 Å². The topological polar surface area (TPSA) is 79.8 Å². The van der Waals surface area contributed by atoms with Crippen molar-refractivity contribution in [3.05, 3.63) is 44.9 Å². The quantitative estimate of drug-likeness (QED) is 0.713. The predicted molar refractivity (Wildman–Crippen MR) is 111 cm³/mol. The van der Waals surface area contributed by atoms with Gasteiger partial charge in [0.1, 0.15) is 0 Å². The zero-order valence-corrected chi connectivity index (χ0v) is 17.9. The van der Waals surface area contributed by atoms with Gasteiger partial charge in [-0.25, -0.2) is 9.89 Å². The average Bonchev–Trinajstić information content (AvgIpc) is 2.94. The van der Waals surface area contributed by atoms with Gasteiger partial charge < -0.3 is 5.32 Å². The molecule has 1 aromatic carbocycles. The SMILES string of the molecule is CCn1c(SCC(=O)NCCc2c(C)cc(C(C)(C)C)cc2C)n[nH]c1=O. The number of thioether (sulfide) groups is 1. The standard InChI is InChI=1S/C20H30N4O2S/c1-7-24-18(26)22-23-19(24)27-12-17(25)21-9-8-16-13(2)10-15(11-14(16)3)20(4,5)6/h10-11H,7-9,12H2,1-6H3,(H,21,25)(H,22,26). The third-order valence-electron chi connectivity index (χ3n) is 4.63. The first-order valence-electron chi connectivity index (χ1n) is 9.28. The Morgan fingerprint density at radius 2 is 1.89 bits per heavy atom. The van der Waals surface area contributed by atoms with Gasteiger partial charge in [0.05, 0.1) is 5.75 Å². The number of hydrogen-bond acceptors (Lipinski definition) is 4.